The third-order valence-corrected chi connectivity index (χ3v) is 8.67. The summed E-state index contributed by atoms with van der Waals surface area (Å²) in [5.41, 5.74) is 2.14. The van der Waals surface area contributed by atoms with Gasteiger partial charge in [0.15, 0.2) is 0 Å². The van der Waals surface area contributed by atoms with Gasteiger partial charge in [0.25, 0.3) is 0 Å². The molecule has 0 aliphatic rings. The van der Waals surface area contributed by atoms with E-state index in [1.807, 2.05) is 13.1 Å². The van der Waals surface area contributed by atoms with Gasteiger partial charge in [0.1, 0.15) is 0 Å². The van der Waals surface area contributed by atoms with Crippen molar-refractivity contribution in [3.05, 3.63) is 46.5 Å². The van der Waals surface area contributed by atoms with E-state index < -0.39 is 0 Å². The summed E-state index contributed by atoms with van der Waals surface area (Å²) in [5, 5.41) is 18.5. The second-order valence-electron chi connectivity index (χ2n) is 4.52. The summed E-state index contributed by atoms with van der Waals surface area (Å²) >= 11 is 0.598. The van der Waals surface area contributed by atoms with Crippen LogP contribution in [0.25, 0.3) is 19.0 Å². The summed E-state index contributed by atoms with van der Waals surface area (Å²) in [6, 6.07) is 12.7. The minimum atomic E-state index is 0.0785. The Hall–Kier alpha value is -0.801. The van der Waals surface area contributed by atoms with Crippen LogP contribution >= 0.6 is 0 Å². The van der Waals surface area contributed by atoms with Gasteiger partial charge in [0.2, 0.25) is 0 Å². The van der Waals surface area contributed by atoms with Crippen LogP contribution in [0.2, 0.25) is 0 Å². The number of hydrogen-bond acceptors (Lipinski definition) is 2. The molecule has 0 atom stereocenters. The van der Waals surface area contributed by atoms with E-state index in [2.05, 4.69) is 34.9 Å². The molecule has 5 heteroatoms. The molecular weight excluding hydrogens is 384 g/mol. The predicted molar refractivity (Wildman–Crippen MR) is 82.0 cm³/mol. The van der Waals surface area contributed by atoms with Crippen molar-refractivity contribution >= 4 is 29.0 Å². The van der Waals surface area contributed by atoms with Gasteiger partial charge >= 0.3 is 130 Å². The Morgan fingerprint density at radius 3 is 2.20 bits per heavy atom. The molecule has 104 valence electrons. The zero-order chi connectivity index (χ0) is 14.1. The molecule has 3 rings (SSSR count). The van der Waals surface area contributed by atoms with Gasteiger partial charge in [0, 0.05) is 0 Å². The van der Waals surface area contributed by atoms with Crippen molar-refractivity contribution in [3.63, 3.8) is 0 Å². The van der Waals surface area contributed by atoms with Crippen molar-refractivity contribution in [1.82, 2.24) is 4.57 Å². The summed E-state index contributed by atoms with van der Waals surface area (Å²) in [7, 11) is 2.00. The van der Waals surface area contributed by atoms with Crippen LogP contribution in [-0.2, 0) is 20.3 Å². The zero-order valence-corrected chi connectivity index (χ0v) is 14.5. The van der Waals surface area contributed by atoms with Crippen molar-refractivity contribution in [3.8, 4) is 19.0 Å². The molecule has 3 aromatic heterocycles. The average Bonchev–Trinajstić information content (AvgIpc) is 3.16. The van der Waals surface area contributed by atoms with Crippen molar-refractivity contribution < 1.29 is 10.2 Å². The van der Waals surface area contributed by atoms with Gasteiger partial charge < -0.3 is 0 Å². The van der Waals surface area contributed by atoms with Gasteiger partial charge in [-0.1, -0.05) is 0 Å². The fourth-order valence-corrected chi connectivity index (χ4v) is 6.80. The Kier molecular flexibility index (Phi) is 4.18. The van der Waals surface area contributed by atoms with Crippen molar-refractivity contribution in [2.45, 2.75) is 13.2 Å². The first-order valence-electron chi connectivity index (χ1n) is 6.28. The molecule has 0 saturated carbocycles. The van der Waals surface area contributed by atoms with Gasteiger partial charge in [-0.05, 0) is 0 Å². The summed E-state index contributed by atoms with van der Waals surface area (Å²) in [5.74, 6) is 0. The second kappa shape index (κ2) is 5.90. The second-order valence-corrected chi connectivity index (χ2v) is 9.24. The van der Waals surface area contributed by atoms with E-state index in [1.165, 1.54) is 19.0 Å². The van der Waals surface area contributed by atoms with Gasteiger partial charge in [-0.25, -0.2) is 0 Å². The SMILES string of the molecule is Cn1c(CO)ccc1-c1ccc(-c2ccc(CO)[se]2)[se]1. The van der Waals surface area contributed by atoms with Crippen molar-refractivity contribution in [2.24, 2.45) is 7.05 Å². The molecule has 3 aromatic rings. The van der Waals surface area contributed by atoms with E-state index in [4.69, 9.17) is 0 Å². The predicted octanol–water partition coefficient (Wildman–Crippen LogP) is 1.46. The van der Waals surface area contributed by atoms with Gasteiger partial charge in [-0.3, -0.25) is 0 Å². The van der Waals surface area contributed by atoms with Crippen LogP contribution in [0.5, 0.6) is 0 Å². The fourth-order valence-electron chi connectivity index (χ4n) is 2.16. The standard InChI is InChI=1S/C15H15NO2Se2/c1-16-10(8-17)2-4-12(16)13-6-7-15(20-13)14-5-3-11(9-18)19-14/h2-7,17-18H,8-9H2,1H3. The number of nitrogens with zero attached hydrogens (tertiary/aromatic N) is 1. The minimum absolute atomic E-state index is 0.0785. The van der Waals surface area contributed by atoms with E-state index in [1.54, 1.807) is 0 Å². The molecule has 0 unspecified atom stereocenters. The Balaban J connectivity index is 1.95. The topological polar surface area (TPSA) is 45.4 Å². The van der Waals surface area contributed by atoms with Gasteiger partial charge in [0.05, 0.1) is 0 Å². The van der Waals surface area contributed by atoms with E-state index >= 15 is 0 Å². The molecule has 20 heavy (non-hydrogen) atoms. The van der Waals surface area contributed by atoms with E-state index in [0.29, 0.717) is 14.5 Å². The third-order valence-electron chi connectivity index (χ3n) is 3.31. The molecule has 0 spiro atoms. The molecule has 0 fully saturated rings. The van der Waals surface area contributed by atoms with Gasteiger partial charge in [-0.15, -0.1) is 0 Å². The fraction of sp³-hybridized carbons (Fsp3) is 0.200. The van der Waals surface area contributed by atoms with Crippen LogP contribution < -0.4 is 0 Å². The molecule has 2 N–H and O–H groups in total. The monoisotopic (exact) mass is 401 g/mol. The zero-order valence-electron chi connectivity index (χ0n) is 11.0. The number of aliphatic hydroxyl groups is 2. The molecule has 3 nitrogen and oxygen atoms in total. The normalized spacial score (nSPS) is 11.2. The maximum absolute atomic E-state index is 9.27. The van der Waals surface area contributed by atoms with E-state index in [0.717, 1.165) is 10.1 Å². The van der Waals surface area contributed by atoms with Crippen LogP contribution in [0.1, 0.15) is 10.1 Å². The van der Waals surface area contributed by atoms with Crippen LogP contribution in [0, 0.1) is 0 Å². The number of aliphatic hydroxyl groups excluding tert-OH is 2. The molecule has 0 radical (unpaired) electrons. The van der Waals surface area contributed by atoms with Crippen LogP contribution in [0.15, 0.2) is 36.4 Å². The molecule has 0 amide bonds. The Labute approximate surface area is 129 Å². The number of aromatic nitrogens is 1. The molecule has 0 aliphatic heterocycles. The molecule has 0 aliphatic carbocycles. The summed E-state index contributed by atoms with van der Waals surface area (Å²) in [6.07, 6.45) is 0. The van der Waals surface area contributed by atoms with E-state index in [9.17, 15) is 10.2 Å². The third kappa shape index (κ3) is 2.53. The Morgan fingerprint density at radius 2 is 1.55 bits per heavy atom. The first kappa shape index (κ1) is 14.1. The Morgan fingerprint density at radius 1 is 0.850 bits per heavy atom. The van der Waals surface area contributed by atoms with E-state index in [-0.39, 0.29) is 27.7 Å². The first-order valence-corrected chi connectivity index (χ1v) is 9.71. The average molecular weight is 399 g/mol. The van der Waals surface area contributed by atoms with Crippen LogP contribution in [-0.4, -0.2) is 43.8 Å². The first-order chi connectivity index (χ1) is 9.72. The quantitative estimate of drug-likeness (QED) is 0.653. The number of hydrogen-bond donors (Lipinski definition) is 2. The summed E-state index contributed by atoms with van der Waals surface area (Å²) < 4.78 is 7.38. The molecular formula is C15H15NO2Se2. The number of rotatable bonds is 4. The molecule has 3 heterocycles. The van der Waals surface area contributed by atoms with Crippen molar-refractivity contribution in [2.75, 3.05) is 0 Å². The van der Waals surface area contributed by atoms with Crippen LogP contribution in [0.3, 0.4) is 0 Å². The van der Waals surface area contributed by atoms with Gasteiger partial charge in [-0.2, -0.15) is 0 Å². The van der Waals surface area contributed by atoms with Crippen LogP contribution in [0.4, 0.5) is 0 Å². The van der Waals surface area contributed by atoms with Crippen molar-refractivity contribution in [1.29, 1.82) is 0 Å². The summed E-state index contributed by atoms with van der Waals surface area (Å²) in [4.78, 5) is 0. The summed E-state index contributed by atoms with van der Waals surface area (Å²) in [6.45, 7) is 0.257. The molecule has 0 aromatic carbocycles. The molecule has 0 bridgehead atoms. The maximum atomic E-state index is 9.27. The molecule has 0 saturated heterocycles. The Bertz CT molecular complexity index is 724.